The van der Waals surface area contributed by atoms with Crippen molar-refractivity contribution in [3.63, 3.8) is 0 Å². The number of nitrogens with zero attached hydrogens (tertiary/aromatic N) is 3. The average molecular weight is 248 g/mol. The Morgan fingerprint density at radius 1 is 1.53 bits per heavy atom. The Bertz CT molecular complexity index is 536. The highest BCUT2D eigenvalue weighted by molar-refractivity contribution is 7.15. The van der Waals surface area contributed by atoms with Crippen LogP contribution in [0.15, 0.2) is 12.5 Å². The van der Waals surface area contributed by atoms with Gasteiger partial charge in [-0.25, -0.2) is 9.97 Å². The summed E-state index contributed by atoms with van der Waals surface area (Å²) in [6.45, 7) is 4.03. The zero-order chi connectivity index (χ0) is 12.0. The summed E-state index contributed by atoms with van der Waals surface area (Å²) in [5.41, 5.74) is 8.12. The van der Waals surface area contributed by atoms with Crippen molar-refractivity contribution < 1.29 is 0 Å². The molecule has 1 atom stereocenters. The molecule has 1 aliphatic rings. The first-order chi connectivity index (χ1) is 8.16. The number of rotatable bonds is 3. The molecule has 0 aromatic carbocycles. The second-order valence-corrected chi connectivity index (χ2v) is 5.71. The van der Waals surface area contributed by atoms with Crippen LogP contribution in [-0.2, 0) is 0 Å². The van der Waals surface area contributed by atoms with Crippen LogP contribution in [-0.4, -0.2) is 14.5 Å². The molecule has 2 aromatic heterocycles. The SMILES string of the molecule is Cc1nc(-c2cncn2C2CC2)sc1C(C)N. The summed E-state index contributed by atoms with van der Waals surface area (Å²) >= 11 is 1.69. The van der Waals surface area contributed by atoms with Crippen molar-refractivity contribution in [2.45, 2.75) is 38.8 Å². The molecule has 0 amide bonds. The van der Waals surface area contributed by atoms with Crippen LogP contribution in [0.25, 0.3) is 10.7 Å². The van der Waals surface area contributed by atoms with Crippen LogP contribution < -0.4 is 5.73 Å². The molecule has 0 aliphatic heterocycles. The van der Waals surface area contributed by atoms with E-state index in [1.54, 1.807) is 11.3 Å². The minimum Gasteiger partial charge on any atom is -0.326 e. The number of hydrogen-bond donors (Lipinski definition) is 1. The molecule has 1 unspecified atom stereocenters. The molecular weight excluding hydrogens is 232 g/mol. The normalized spacial score (nSPS) is 17.4. The number of imidazole rings is 1. The second-order valence-electron chi connectivity index (χ2n) is 4.67. The van der Waals surface area contributed by atoms with Gasteiger partial charge in [0.15, 0.2) is 0 Å². The number of hydrogen-bond acceptors (Lipinski definition) is 4. The fraction of sp³-hybridized carbons (Fsp3) is 0.500. The molecule has 0 spiro atoms. The van der Waals surface area contributed by atoms with Crippen molar-refractivity contribution in [2.75, 3.05) is 0 Å². The highest BCUT2D eigenvalue weighted by atomic mass is 32.1. The van der Waals surface area contributed by atoms with E-state index < -0.39 is 0 Å². The predicted molar refractivity (Wildman–Crippen MR) is 68.9 cm³/mol. The van der Waals surface area contributed by atoms with Crippen LogP contribution in [0.3, 0.4) is 0 Å². The van der Waals surface area contributed by atoms with Gasteiger partial charge in [0.2, 0.25) is 0 Å². The quantitative estimate of drug-likeness (QED) is 0.908. The minimum atomic E-state index is 0.0542. The molecule has 1 saturated carbocycles. The molecular formula is C12H16N4S. The third kappa shape index (κ3) is 1.89. The largest absolute Gasteiger partial charge is 0.326 e. The number of thiazole rings is 1. The van der Waals surface area contributed by atoms with Crippen LogP contribution in [0.5, 0.6) is 0 Å². The van der Waals surface area contributed by atoms with E-state index in [-0.39, 0.29) is 6.04 Å². The fourth-order valence-electron chi connectivity index (χ4n) is 2.05. The molecule has 2 N–H and O–H groups in total. The lowest BCUT2D eigenvalue weighted by Gasteiger charge is -2.02. The molecule has 0 saturated heterocycles. The van der Waals surface area contributed by atoms with E-state index in [2.05, 4.69) is 14.5 Å². The van der Waals surface area contributed by atoms with E-state index >= 15 is 0 Å². The summed E-state index contributed by atoms with van der Waals surface area (Å²) in [7, 11) is 0. The summed E-state index contributed by atoms with van der Waals surface area (Å²) in [6, 6.07) is 0.689. The van der Waals surface area contributed by atoms with Gasteiger partial charge in [-0.15, -0.1) is 11.3 Å². The topological polar surface area (TPSA) is 56.7 Å². The molecule has 17 heavy (non-hydrogen) atoms. The van der Waals surface area contributed by atoms with Gasteiger partial charge in [-0.1, -0.05) is 0 Å². The van der Waals surface area contributed by atoms with E-state index in [1.807, 2.05) is 26.4 Å². The summed E-state index contributed by atoms with van der Waals surface area (Å²) in [6.07, 6.45) is 6.33. The van der Waals surface area contributed by atoms with E-state index in [0.717, 1.165) is 16.4 Å². The first kappa shape index (κ1) is 10.9. The highest BCUT2D eigenvalue weighted by Gasteiger charge is 2.27. The molecule has 3 rings (SSSR count). The monoisotopic (exact) mass is 248 g/mol. The summed E-state index contributed by atoms with van der Waals surface area (Å²) in [4.78, 5) is 10.0. The van der Waals surface area contributed by atoms with Crippen molar-refractivity contribution in [2.24, 2.45) is 5.73 Å². The van der Waals surface area contributed by atoms with Gasteiger partial charge in [0.05, 0.1) is 23.9 Å². The van der Waals surface area contributed by atoms with Crippen LogP contribution in [0, 0.1) is 6.92 Å². The minimum absolute atomic E-state index is 0.0542. The molecule has 1 aliphatic carbocycles. The Morgan fingerprint density at radius 3 is 2.88 bits per heavy atom. The second kappa shape index (κ2) is 3.92. The molecule has 0 bridgehead atoms. The zero-order valence-electron chi connectivity index (χ0n) is 10.1. The van der Waals surface area contributed by atoms with Crippen LogP contribution in [0.4, 0.5) is 0 Å². The standard InChI is InChI=1S/C12H16N4S/c1-7(13)11-8(2)15-12(17-11)10-5-14-6-16(10)9-3-4-9/h5-7,9H,3-4,13H2,1-2H3. The first-order valence-corrected chi connectivity index (χ1v) is 6.73. The lowest BCUT2D eigenvalue weighted by molar-refractivity contribution is 0.747. The molecule has 2 aromatic rings. The van der Waals surface area contributed by atoms with E-state index in [0.29, 0.717) is 6.04 Å². The average Bonchev–Trinajstić information content (AvgIpc) is 2.87. The third-order valence-electron chi connectivity index (χ3n) is 3.07. The maximum Gasteiger partial charge on any atom is 0.142 e. The van der Waals surface area contributed by atoms with Gasteiger partial charge in [0.25, 0.3) is 0 Å². The molecule has 5 heteroatoms. The van der Waals surface area contributed by atoms with Gasteiger partial charge in [0.1, 0.15) is 5.01 Å². The highest BCUT2D eigenvalue weighted by Crippen LogP contribution is 2.39. The van der Waals surface area contributed by atoms with Crippen molar-refractivity contribution in [3.8, 4) is 10.7 Å². The predicted octanol–water partition coefficient (Wildman–Crippen LogP) is 2.67. The number of aryl methyl sites for hydroxylation is 1. The third-order valence-corrected chi connectivity index (χ3v) is 4.45. The van der Waals surface area contributed by atoms with Gasteiger partial charge in [-0.05, 0) is 26.7 Å². The van der Waals surface area contributed by atoms with Gasteiger partial charge in [0, 0.05) is 17.0 Å². The van der Waals surface area contributed by atoms with Crippen molar-refractivity contribution in [3.05, 3.63) is 23.1 Å². The van der Waals surface area contributed by atoms with Crippen LogP contribution >= 0.6 is 11.3 Å². The zero-order valence-corrected chi connectivity index (χ0v) is 10.9. The van der Waals surface area contributed by atoms with Crippen molar-refractivity contribution >= 4 is 11.3 Å². The van der Waals surface area contributed by atoms with E-state index in [4.69, 9.17) is 5.73 Å². The van der Waals surface area contributed by atoms with E-state index in [1.165, 1.54) is 17.7 Å². The smallest absolute Gasteiger partial charge is 0.142 e. The molecule has 90 valence electrons. The molecule has 0 radical (unpaired) electrons. The Labute approximate surface area is 105 Å². The lowest BCUT2D eigenvalue weighted by Crippen LogP contribution is -2.03. The Morgan fingerprint density at radius 2 is 2.29 bits per heavy atom. The Kier molecular flexibility index (Phi) is 2.52. The Hall–Kier alpha value is -1.20. The number of aromatic nitrogens is 3. The van der Waals surface area contributed by atoms with Gasteiger partial charge in [-0.3, -0.25) is 0 Å². The Balaban J connectivity index is 2.03. The summed E-state index contributed by atoms with van der Waals surface area (Å²) in [5.74, 6) is 0. The molecule has 2 heterocycles. The van der Waals surface area contributed by atoms with Crippen molar-refractivity contribution in [1.82, 2.24) is 14.5 Å². The molecule has 4 nitrogen and oxygen atoms in total. The summed E-state index contributed by atoms with van der Waals surface area (Å²) < 4.78 is 2.24. The maximum atomic E-state index is 5.94. The first-order valence-electron chi connectivity index (χ1n) is 5.92. The van der Waals surface area contributed by atoms with Crippen LogP contribution in [0.1, 0.15) is 42.4 Å². The van der Waals surface area contributed by atoms with Gasteiger partial charge < -0.3 is 10.3 Å². The van der Waals surface area contributed by atoms with Gasteiger partial charge in [-0.2, -0.15) is 0 Å². The lowest BCUT2D eigenvalue weighted by atomic mass is 10.2. The number of nitrogens with two attached hydrogens (primary N) is 1. The maximum absolute atomic E-state index is 5.94. The summed E-state index contributed by atoms with van der Waals surface area (Å²) in [5, 5.41) is 1.04. The van der Waals surface area contributed by atoms with Gasteiger partial charge >= 0.3 is 0 Å². The fourth-order valence-corrected chi connectivity index (χ4v) is 3.09. The molecule has 1 fully saturated rings. The van der Waals surface area contributed by atoms with E-state index in [9.17, 15) is 0 Å². The van der Waals surface area contributed by atoms with Crippen molar-refractivity contribution in [1.29, 1.82) is 0 Å². The van der Waals surface area contributed by atoms with Crippen LogP contribution in [0.2, 0.25) is 0 Å².